The van der Waals surface area contributed by atoms with Gasteiger partial charge in [-0.2, -0.15) is 0 Å². The molecule has 0 bridgehead atoms. The number of aliphatic carboxylic acids is 1. The maximum atomic E-state index is 10.6. The van der Waals surface area contributed by atoms with E-state index in [1.807, 2.05) is 0 Å². The van der Waals surface area contributed by atoms with Gasteiger partial charge in [0.15, 0.2) is 0 Å². The molecule has 4 heteroatoms. The highest BCUT2D eigenvalue weighted by Crippen LogP contribution is 2.29. The Labute approximate surface area is 80.1 Å². The van der Waals surface area contributed by atoms with E-state index in [0.29, 0.717) is 11.3 Å². The molecule has 1 heterocycles. The lowest BCUT2D eigenvalue weighted by Gasteiger charge is -2.14. The number of carbonyl (C=O) groups is 1. The predicted octanol–water partition coefficient (Wildman–Crippen LogP) is 1.30. The molecule has 1 aliphatic rings. The highest BCUT2D eigenvalue weighted by Gasteiger charge is 2.17. The molecule has 0 aliphatic carbocycles. The van der Waals surface area contributed by atoms with Crippen LogP contribution < -0.4 is 4.74 Å². The number of ether oxygens (including phenoxy) is 1. The fourth-order valence-corrected chi connectivity index (χ4v) is 1.33. The summed E-state index contributed by atoms with van der Waals surface area (Å²) in [5, 5.41) is 17.9. The number of hydrogen-bond acceptors (Lipinski definition) is 3. The van der Waals surface area contributed by atoms with Crippen molar-refractivity contribution in [2.45, 2.75) is 6.42 Å². The minimum absolute atomic E-state index is 0.110. The van der Waals surface area contributed by atoms with Gasteiger partial charge in [-0.3, -0.25) is 0 Å². The second kappa shape index (κ2) is 3.06. The highest BCUT2D eigenvalue weighted by molar-refractivity contribution is 5.87. The van der Waals surface area contributed by atoms with E-state index in [-0.39, 0.29) is 17.7 Å². The maximum Gasteiger partial charge on any atom is 0.335 e. The van der Waals surface area contributed by atoms with Gasteiger partial charge >= 0.3 is 5.97 Å². The van der Waals surface area contributed by atoms with Crippen molar-refractivity contribution in [2.75, 3.05) is 0 Å². The number of fused-ring (bicyclic) bond motifs is 1. The Balaban J connectivity index is 2.35. The van der Waals surface area contributed by atoms with E-state index in [9.17, 15) is 9.90 Å². The first kappa shape index (κ1) is 8.62. The molecule has 0 unspecified atom stereocenters. The van der Waals surface area contributed by atoms with Crippen LogP contribution in [0.1, 0.15) is 5.56 Å². The predicted molar refractivity (Wildman–Crippen MR) is 48.2 cm³/mol. The molecule has 14 heavy (non-hydrogen) atoms. The molecule has 0 saturated heterocycles. The van der Waals surface area contributed by atoms with Gasteiger partial charge in [0.05, 0.1) is 5.57 Å². The first-order valence-corrected chi connectivity index (χ1v) is 4.07. The zero-order valence-electron chi connectivity index (χ0n) is 7.23. The lowest BCUT2D eigenvalue weighted by atomic mass is 10.0. The van der Waals surface area contributed by atoms with Crippen LogP contribution in [0.5, 0.6) is 11.5 Å². The number of rotatable bonds is 1. The van der Waals surface area contributed by atoms with Crippen molar-refractivity contribution in [1.29, 1.82) is 0 Å². The van der Waals surface area contributed by atoms with Crippen molar-refractivity contribution in [3.05, 3.63) is 35.6 Å². The summed E-state index contributed by atoms with van der Waals surface area (Å²) in [4.78, 5) is 10.6. The summed E-state index contributed by atoms with van der Waals surface area (Å²) in [6.45, 7) is 0. The van der Waals surface area contributed by atoms with Gasteiger partial charge < -0.3 is 14.9 Å². The minimum Gasteiger partial charge on any atom is -0.508 e. The Bertz CT molecular complexity index is 420. The smallest absolute Gasteiger partial charge is 0.335 e. The third-order valence-corrected chi connectivity index (χ3v) is 2.03. The van der Waals surface area contributed by atoms with Gasteiger partial charge in [-0.15, -0.1) is 0 Å². The van der Waals surface area contributed by atoms with E-state index in [0.717, 1.165) is 0 Å². The standard InChI is InChI=1S/C10H8O4/c11-8-1-2-9-6(4-8)3-7(5-14-9)10(12)13/h1-2,4-5,11H,3H2,(H,12,13). The lowest BCUT2D eigenvalue weighted by Crippen LogP contribution is -2.10. The molecule has 0 atom stereocenters. The molecular formula is C10H8O4. The first-order chi connectivity index (χ1) is 6.66. The molecule has 1 aromatic rings. The quantitative estimate of drug-likeness (QED) is 0.703. The van der Waals surface area contributed by atoms with Crippen molar-refractivity contribution >= 4 is 5.97 Å². The highest BCUT2D eigenvalue weighted by atomic mass is 16.5. The van der Waals surface area contributed by atoms with Crippen LogP contribution in [-0.4, -0.2) is 16.2 Å². The van der Waals surface area contributed by atoms with Crippen LogP contribution in [0.15, 0.2) is 30.0 Å². The largest absolute Gasteiger partial charge is 0.508 e. The Morgan fingerprint density at radius 1 is 1.43 bits per heavy atom. The number of benzene rings is 1. The van der Waals surface area contributed by atoms with E-state index in [4.69, 9.17) is 9.84 Å². The summed E-state index contributed by atoms with van der Waals surface area (Å²) >= 11 is 0. The molecule has 1 aliphatic heterocycles. The van der Waals surface area contributed by atoms with E-state index >= 15 is 0 Å². The molecule has 2 rings (SSSR count). The summed E-state index contributed by atoms with van der Waals surface area (Å²) in [5.74, 6) is -0.300. The van der Waals surface area contributed by atoms with Gasteiger partial charge in [-0.05, 0) is 18.2 Å². The average molecular weight is 192 g/mol. The zero-order chi connectivity index (χ0) is 10.1. The van der Waals surface area contributed by atoms with Crippen molar-refractivity contribution < 1.29 is 19.7 Å². The van der Waals surface area contributed by atoms with Crippen LogP contribution in [0.2, 0.25) is 0 Å². The average Bonchev–Trinajstić information content (AvgIpc) is 2.16. The molecule has 0 amide bonds. The third kappa shape index (κ3) is 1.42. The summed E-state index contributed by atoms with van der Waals surface area (Å²) < 4.78 is 5.10. The van der Waals surface area contributed by atoms with Gasteiger partial charge in [0, 0.05) is 12.0 Å². The van der Waals surface area contributed by atoms with Crippen LogP contribution in [0, 0.1) is 0 Å². The Kier molecular flexibility index (Phi) is 1.89. The van der Waals surface area contributed by atoms with Crippen LogP contribution in [0.4, 0.5) is 0 Å². The van der Waals surface area contributed by atoms with Gasteiger partial charge in [-0.25, -0.2) is 4.79 Å². The molecule has 0 spiro atoms. The number of carboxylic acids is 1. The number of aromatic hydroxyl groups is 1. The Hall–Kier alpha value is -1.97. The van der Waals surface area contributed by atoms with Crippen molar-refractivity contribution in [3.8, 4) is 11.5 Å². The summed E-state index contributed by atoms with van der Waals surface area (Å²) in [6, 6.07) is 4.61. The van der Waals surface area contributed by atoms with Crippen molar-refractivity contribution in [1.82, 2.24) is 0 Å². The normalized spacial score (nSPS) is 13.9. The van der Waals surface area contributed by atoms with Crippen LogP contribution in [0.25, 0.3) is 0 Å². The van der Waals surface area contributed by atoms with Gasteiger partial charge in [0.2, 0.25) is 0 Å². The first-order valence-electron chi connectivity index (χ1n) is 4.07. The second-order valence-electron chi connectivity index (χ2n) is 3.03. The summed E-state index contributed by atoms with van der Waals surface area (Å²) in [5.41, 5.74) is 0.869. The fourth-order valence-electron chi connectivity index (χ4n) is 1.33. The molecule has 0 radical (unpaired) electrons. The lowest BCUT2D eigenvalue weighted by molar-refractivity contribution is -0.132. The Morgan fingerprint density at radius 2 is 2.21 bits per heavy atom. The SMILES string of the molecule is O=C(O)C1=COc2ccc(O)cc2C1. The van der Waals surface area contributed by atoms with E-state index in [2.05, 4.69) is 0 Å². The molecule has 0 fully saturated rings. The molecule has 4 nitrogen and oxygen atoms in total. The molecule has 72 valence electrons. The number of carboxylic acid groups (broad SMARTS) is 1. The number of phenolic OH excluding ortho intramolecular Hbond substituents is 1. The van der Waals surface area contributed by atoms with Crippen molar-refractivity contribution in [3.63, 3.8) is 0 Å². The van der Waals surface area contributed by atoms with Gasteiger partial charge in [-0.1, -0.05) is 0 Å². The van der Waals surface area contributed by atoms with Crippen LogP contribution in [0.3, 0.4) is 0 Å². The van der Waals surface area contributed by atoms with E-state index in [1.54, 1.807) is 6.07 Å². The zero-order valence-corrected chi connectivity index (χ0v) is 7.23. The van der Waals surface area contributed by atoms with E-state index < -0.39 is 5.97 Å². The van der Waals surface area contributed by atoms with Crippen LogP contribution in [-0.2, 0) is 11.2 Å². The van der Waals surface area contributed by atoms with Gasteiger partial charge in [0.1, 0.15) is 17.8 Å². The summed E-state index contributed by atoms with van der Waals surface area (Å²) in [6.07, 6.45) is 1.50. The summed E-state index contributed by atoms with van der Waals surface area (Å²) in [7, 11) is 0. The van der Waals surface area contributed by atoms with E-state index in [1.165, 1.54) is 18.4 Å². The third-order valence-electron chi connectivity index (χ3n) is 2.03. The fraction of sp³-hybridized carbons (Fsp3) is 0.100. The number of phenols is 1. The molecule has 0 aromatic heterocycles. The monoisotopic (exact) mass is 192 g/mol. The second-order valence-corrected chi connectivity index (χ2v) is 3.03. The molecule has 0 saturated carbocycles. The molecule has 1 aromatic carbocycles. The topological polar surface area (TPSA) is 66.8 Å². The molecule has 2 N–H and O–H groups in total. The maximum absolute atomic E-state index is 10.6. The Morgan fingerprint density at radius 3 is 2.93 bits per heavy atom. The minimum atomic E-state index is -1.00. The number of hydrogen-bond donors (Lipinski definition) is 2. The van der Waals surface area contributed by atoms with Crippen molar-refractivity contribution in [2.24, 2.45) is 0 Å². The molecular weight excluding hydrogens is 184 g/mol. The van der Waals surface area contributed by atoms with Crippen LogP contribution >= 0.6 is 0 Å². The van der Waals surface area contributed by atoms with Gasteiger partial charge in [0.25, 0.3) is 0 Å².